The number of imide groups is 2. The highest BCUT2D eigenvalue weighted by molar-refractivity contribution is 6.18. The summed E-state index contributed by atoms with van der Waals surface area (Å²) < 4.78 is 0. The smallest absolute Gasteiger partial charge is 0.335 e. The van der Waals surface area contributed by atoms with Crippen LogP contribution in [0.3, 0.4) is 0 Å². The largest absolute Gasteiger partial charge is 0.478 e. The Morgan fingerprint density at radius 2 is 2.12 bits per heavy atom. The molecule has 1 fully saturated rings. The standard InChI is InChI=1S/C17H17N3O5/c1-3-8-20-15(22)13(14(21)19-17(20)25)12(4-2)18-11-7-5-6-10(9-11)16(23)24/h3-7,9,13,18H,1,8H2,2H3,(H,23,24)(H,19,21,25)/b12-4-/t13-/m0/s1. The Hall–Kier alpha value is -3.42. The zero-order valence-corrected chi connectivity index (χ0v) is 13.5. The number of benzene rings is 1. The van der Waals surface area contributed by atoms with Crippen molar-refractivity contribution in [3.05, 3.63) is 54.3 Å². The second-order valence-electron chi connectivity index (χ2n) is 5.22. The fourth-order valence-electron chi connectivity index (χ4n) is 2.40. The number of hydrogen-bond donors (Lipinski definition) is 3. The maximum absolute atomic E-state index is 12.5. The SMILES string of the molecule is C=CCN1C(=O)NC(=O)[C@H](/C(=C/C)Nc2cccc(C(=O)O)c2)C1=O. The highest BCUT2D eigenvalue weighted by Gasteiger charge is 2.42. The van der Waals surface area contributed by atoms with Crippen LogP contribution in [0.1, 0.15) is 17.3 Å². The molecule has 2 rings (SSSR count). The molecule has 130 valence electrons. The van der Waals surface area contributed by atoms with Gasteiger partial charge in [-0.2, -0.15) is 0 Å². The molecule has 0 saturated carbocycles. The molecule has 8 heteroatoms. The van der Waals surface area contributed by atoms with Gasteiger partial charge in [0.2, 0.25) is 11.8 Å². The van der Waals surface area contributed by atoms with E-state index in [1.807, 2.05) is 0 Å². The van der Waals surface area contributed by atoms with Gasteiger partial charge in [-0.15, -0.1) is 6.58 Å². The number of allylic oxidation sites excluding steroid dienone is 1. The summed E-state index contributed by atoms with van der Waals surface area (Å²) in [5.41, 5.74) is 0.704. The van der Waals surface area contributed by atoms with E-state index in [0.717, 1.165) is 4.90 Å². The average molecular weight is 343 g/mol. The maximum Gasteiger partial charge on any atom is 0.335 e. The van der Waals surface area contributed by atoms with Gasteiger partial charge in [0.15, 0.2) is 5.92 Å². The van der Waals surface area contributed by atoms with Crippen LogP contribution in [-0.2, 0) is 9.59 Å². The van der Waals surface area contributed by atoms with E-state index < -0.39 is 29.7 Å². The van der Waals surface area contributed by atoms with Crippen LogP contribution in [0.25, 0.3) is 0 Å². The number of carboxylic acid groups (broad SMARTS) is 1. The lowest BCUT2D eigenvalue weighted by Gasteiger charge is -2.31. The van der Waals surface area contributed by atoms with Gasteiger partial charge in [-0.1, -0.05) is 18.2 Å². The normalized spacial score (nSPS) is 18.0. The molecule has 25 heavy (non-hydrogen) atoms. The van der Waals surface area contributed by atoms with E-state index in [1.54, 1.807) is 13.0 Å². The molecule has 1 atom stereocenters. The summed E-state index contributed by atoms with van der Waals surface area (Å²) >= 11 is 0. The summed E-state index contributed by atoms with van der Waals surface area (Å²) in [6.45, 7) is 5.08. The Labute approximate surface area is 143 Å². The number of amides is 4. The molecule has 1 aliphatic rings. The summed E-state index contributed by atoms with van der Waals surface area (Å²) in [5.74, 6) is -3.76. The fourth-order valence-corrected chi connectivity index (χ4v) is 2.40. The molecule has 1 heterocycles. The molecule has 0 bridgehead atoms. The summed E-state index contributed by atoms with van der Waals surface area (Å²) in [6.07, 6.45) is 2.90. The molecule has 1 saturated heterocycles. The number of nitrogens with one attached hydrogen (secondary N) is 2. The quantitative estimate of drug-likeness (QED) is 0.533. The first-order chi connectivity index (χ1) is 11.9. The zero-order chi connectivity index (χ0) is 18.6. The first kappa shape index (κ1) is 17.9. The van der Waals surface area contributed by atoms with Gasteiger partial charge in [-0.3, -0.25) is 19.8 Å². The van der Waals surface area contributed by atoms with E-state index in [1.165, 1.54) is 30.4 Å². The maximum atomic E-state index is 12.5. The van der Waals surface area contributed by atoms with Crippen molar-refractivity contribution in [3.8, 4) is 0 Å². The third-order valence-corrected chi connectivity index (χ3v) is 3.58. The molecule has 1 aromatic rings. The van der Waals surface area contributed by atoms with Crippen molar-refractivity contribution in [2.24, 2.45) is 5.92 Å². The van der Waals surface area contributed by atoms with Crippen LogP contribution in [0.5, 0.6) is 0 Å². The topological polar surface area (TPSA) is 116 Å². The molecular weight excluding hydrogens is 326 g/mol. The summed E-state index contributed by atoms with van der Waals surface area (Å²) in [4.78, 5) is 48.4. The molecule has 4 amide bonds. The van der Waals surface area contributed by atoms with E-state index in [9.17, 15) is 19.2 Å². The van der Waals surface area contributed by atoms with Crippen molar-refractivity contribution >= 4 is 29.5 Å². The number of rotatable bonds is 6. The molecule has 0 radical (unpaired) electrons. The van der Waals surface area contributed by atoms with Crippen molar-refractivity contribution in [3.63, 3.8) is 0 Å². The third-order valence-electron chi connectivity index (χ3n) is 3.58. The number of hydrogen-bond acceptors (Lipinski definition) is 5. The Bertz CT molecular complexity index is 784. The van der Waals surface area contributed by atoms with Crippen molar-refractivity contribution in [2.45, 2.75) is 6.92 Å². The number of carbonyl (C=O) groups excluding carboxylic acids is 3. The van der Waals surface area contributed by atoms with Gasteiger partial charge in [-0.05, 0) is 25.1 Å². The van der Waals surface area contributed by atoms with E-state index in [-0.39, 0.29) is 17.8 Å². The van der Waals surface area contributed by atoms with Crippen LogP contribution in [0.15, 0.2) is 48.7 Å². The average Bonchev–Trinajstić information content (AvgIpc) is 2.57. The van der Waals surface area contributed by atoms with E-state index in [0.29, 0.717) is 5.69 Å². The second kappa shape index (κ2) is 7.43. The van der Waals surface area contributed by atoms with Crippen LogP contribution >= 0.6 is 0 Å². The molecular formula is C17H17N3O5. The Morgan fingerprint density at radius 3 is 2.72 bits per heavy atom. The Kier molecular flexibility index (Phi) is 5.33. The van der Waals surface area contributed by atoms with Gasteiger partial charge in [0.05, 0.1) is 5.56 Å². The van der Waals surface area contributed by atoms with Crippen molar-refractivity contribution < 1.29 is 24.3 Å². The number of carbonyl (C=O) groups is 4. The minimum Gasteiger partial charge on any atom is -0.478 e. The van der Waals surface area contributed by atoms with Crippen molar-refractivity contribution in [1.82, 2.24) is 10.2 Å². The van der Waals surface area contributed by atoms with Gasteiger partial charge in [0, 0.05) is 17.9 Å². The van der Waals surface area contributed by atoms with Crippen LogP contribution < -0.4 is 10.6 Å². The number of urea groups is 1. The monoisotopic (exact) mass is 343 g/mol. The van der Waals surface area contributed by atoms with Crippen molar-refractivity contribution in [2.75, 3.05) is 11.9 Å². The number of aromatic carboxylic acids is 1. The Morgan fingerprint density at radius 1 is 1.40 bits per heavy atom. The first-order valence-corrected chi connectivity index (χ1v) is 7.42. The molecule has 3 N–H and O–H groups in total. The van der Waals surface area contributed by atoms with Gasteiger partial charge >= 0.3 is 12.0 Å². The van der Waals surface area contributed by atoms with E-state index in [2.05, 4.69) is 17.2 Å². The highest BCUT2D eigenvalue weighted by Crippen LogP contribution is 2.22. The van der Waals surface area contributed by atoms with E-state index >= 15 is 0 Å². The van der Waals surface area contributed by atoms with Crippen LogP contribution in [0.4, 0.5) is 10.5 Å². The summed E-state index contributed by atoms with van der Waals surface area (Å²) in [6, 6.07) is 5.15. The van der Waals surface area contributed by atoms with Crippen LogP contribution in [0, 0.1) is 5.92 Å². The number of nitrogens with zero attached hydrogens (tertiary/aromatic N) is 1. The Balaban J connectivity index is 2.30. The molecule has 0 spiro atoms. The van der Waals surface area contributed by atoms with Gasteiger partial charge < -0.3 is 10.4 Å². The molecule has 8 nitrogen and oxygen atoms in total. The van der Waals surface area contributed by atoms with E-state index in [4.69, 9.17) is 5.11 Å². The number of barbiturate groups is 1. The highest BCUT2D eigenvalue weighted by atomic mass is 16.4. The lowest BCUT2D eigenvalue weighted by Crippen LogP contribution is -2.58. The van der Waals surface area contributed by atoms with Crippen molar-refractivity contribution in [1.29, 1.82) is 0 Å². The second-order valence-corrected chi connectivity index (χ2v) is 5.22. The number of anilines is 1. The summed E-state index contributed by atoms with van der Waals surface area (Å²) in [7, 11) is 0. The molecule has 1 aromatic carbocycles. The first-order valence-electron chi connectivity index (χ1n) is 7.42. The van der Waals surface area contributed by atoms with Gasteiger partial charge in [0.1, 0.15) is 0 Å². The molecule has 0 aliphatic carbocycles. The lowest BCUT2D eigenvalue weighted by molar-refractivity contribution is -0.140. The fraction of sp³-hybridized carbons (Fsp3) is 0.176. The molecule has 0 unspecified atom stereocenters. The minimum absolute atomic E-state index is 0.0278. The predicted molar refractivity (Wildman–Crippen MR) is 89.7 cm³/mol. The zero-order valence-electron chi connectivity index (χ0n) is 13.5. The predicted octanol–water partition coefficient (Wildman–Crippen LogP) is 1.58. The van der Waals surface area contributed by atoms with Gasteiger partial charge in [-0.25, -0.2) is 9.59 Å². The summed E-state index contributed by atoms with van der Waals surface area (Å²) in [5, 5.41) is 14.1. The molecule has 0 aromatic heterocycles. The lowest BCUT2D eigenvalue weighted by atomic mass is 9.99. The number of carboxylic acids is 1. The van der Waals surface area contributed by atoms with Gasteiger partial charge in [0.25, 0.3) is 0 Å². The van der Waals surface area contributed by atoms with Crippen LogP contribution in [0.2, 0.25) is 0 Å². The third kappa shape index (κ3) is 3.74. The minimum atomic E-state index is -1.24. The molecule has 1 aliphatic heterocycles. The van der Waals surface area contributed by atoms with Crippen LogP contribution in [-0.4, -0.2) is 40.4 Å².